The van der Waals surface area contributed by atoms with E-state index in [4.69, 9.17) is 0 Å². The summed E-state index contributed by atoms with van der Waals surface area (Å²) in [5.41, 5.74) is 1.47. The van der Waals surface area contributed by atoms with E-state index in [0.29, 0.717) is 0 Å². The standard InChI is InChI=1S/C10H19N3Si2/c1-3-5-14-10-15(6-4-2)9-13-8-11-7-12-13/h3-4,7-8,15H,1-2,5-6,9-10,14H2. The van der Waals surface area contributed by atoms with Gasteiger partial charge in [-0.25, -0.2) is 4.98 Å². The molecule has 1 heterocycles. The predicted octanol–water partition coefficient (Wildman–Crippen LogP) is 0.961. The first kappa shape index (κ1) is 12.1. The van der Waals surface area contributed by atoms with Crippen molar-refractivity contribution in [2.45, 2.75) is 23.9 Å². The maximum atomic E-state index is 4.17. The van der Waals surface area contributed by atoms with E-state index >= 15 is 0 Å². The number of aromatic nitrogens is 3. The molecule has 0 bridgehead atoms. The Morgan fingerprint density at radius 1 is 1.40 bits per heavy atom. The van der Waals surface area contributed by atoms with Crippen LogP contribution in [0.4, 0.5) is 0 Å². The lowest BCUT2D eigenvalue weighted by atomic mass is 10.8. The number of allylic oxidation sites excluding steroid dienone is 2. The van der Waals surface area contributed by atoms with Gasteiger partial charge in [0.15, 0.2) is 0 Å². The van der Waals surface area contributed by atoms with Crippen LogP contribution in [0.2, 0.25) is 17.8 Å². The molecule has 0 saturated carbocycles. The van der Waals surface area contributed by atoms with Gasteiger partial charge in [0, 0.05) is 15.7 Å². The predicted molar refractivity (Wildman–Crippen MR) is 70.5 cm³/mol. The normalized spacial score (nSPS) is 13.1. The fraction of sp³-hybridized carbons (Fsp3) is 0.400. The van der Waals surface area contributed by atoms with Gasteiger partial charge in [-0.3, -0.25) is 4.68 Å². The van der Waals surface area contributed by atoms with Crippen LogP contribution in [0.25, 0.3) is 0 Å². The smallest absolute Gasteiger partial charge is 0.137 e. The van der Waals surface area contributed by atoms with Crippen molar-refractivity contribution >= 4 is 18.3 Å². The second-order valence-electron chi connectivity index (χ2n) is 3.73. The summed E-state index contributed by atoms with van der Waals surface area (Å²) >= 11 is 0. The second kappa shape index (κ2) is 7.36. The van der Waals surface area contributed by atoms with Gasteiger partial charge in [0.1, 0.15) is 12.7 Å². The van der Waals surface area contributed by atoms with Gasteiger partial charge in [-0.2, -0.15) is 5.10 Å². The molecule has 3 nitrogen and oxygen atoms in total. The number of nitrogens with zero attached hydrogens (tertiary/aromatic N) is 3. The van der Waals surface area contributed by atoms with Crippen LogP contribution < -0.4 is 0 Å². The number of hydrogen-bond acceptors (Lipinski definition) is 2. The molecule has 1 aromatic heterocycles. The molecule has 82 valence electrons. The third-order valence-corrected chi connectivity index (χ3v) is 10.0. The van der Waals surface area contributed by atoms with Crippen molar-refractivity contribution < 1.29 is 0 Å². The molecular weight excluding hydrogens is 218 g/mol. The van der Waals surface area contributed by atoms with Gasteiger partial charge in [-0.15, -0.1) is 13.2 Å². The molecular formula is C10H19N3Si2. The van der Waals surface area contributed by atoms with Gasteiger partial charge < -0.3 is 0 Å². The zero-order chi connectivity index (χ0) is 10.9. The quantitative estimate of drug-likeness (QED) is 0.383. The lowest BCUT2D eigenvalue weighted by Crippen LogP contribution is -2.22. The first-order valence-corrected chi connectivity index (χ1v) is 9.86. The molecule has 0 aliphatic heterocycles. The van der Waals surface area contributed by atoms with Crippen LogP contribution in [-0.4, -0.2) is 33.1 Å². The summed E-state index contributed by atoms with van der Waals surface area (Å²) in [4.78, 5) is 3.98. The van der Waals surface area contributed by atoms with Crippen molar-refractivity contribution in [1.29, 1.82) is 0 Å². The minimum Gasteiger partial charge on any atom is -0.256 e. The van der Waals surface area contributed by atoms with E-state index in [2.05, 4.69) is 35.4 Å². The molecule has 0 saturated heterocycles. The van der Waals surface area contributed by atoms with E-state index in [-0.39, 0.29) is 9.52 Å². The van der Waals surface area contributed by atoms with Crippen LogP contribution in [-0.2, 0) is 6.17 Å². The molecule has 1 aromatic rings. The van der Waals surface area contributed by atoms with Gasteiger partial charge in [-0.1, -0.05) is 17.8 Å². The van der Waals surface area contributed by atoms with E-state index < -0.39 is 8.80 Å². The fourth-order valence-corrected chi connectivity index (χ4v) is 8.21. The molecule has 1 unspecified atom stereocenters. The van der Waals surface area contributed by atoms with Gasteiger partial charge in [0.05, 0.1) is 8.80 Å². The second-order valence-corrected chi connectivity index (χ2v) is 9.89. The maximum Gasteiger partial charge on any atom is 0.137 e. The molecule has 0 fully saturated rings. The van der Waals surface area contributed by atoms with Crippen molar-refractivity contribution in [2.75, 3.05) is 0 Å². The van der Waals surface area contributed by atoms with Gasteiger partial charge in [-0.05, 0) is 12.1 Å². The van der Waals surface area contributed by atoms with E-state index in [9.17, 15) is 0 Å². The molecule has 1 atom stereocenters. The van der Waals surface area contributed by atoms with Crippen LogP contribution in [0, 0.1) is 0 Å². The van der Waals surface area contributed by atoms with E-state index in [1.807, 2.05) is 11.0 Å². The lowest BCUT2D eigenvalue weighted by molar-refractivity contribution is 0.728. The number of hydrogen-bond donors (Lipinski definition) is 0. The minimum atomic E-state index is -0.702. The SMILES string of the molecule is C=CC[SiH2]C[SiH](CC=C)Cn1cncn1. The highest BCUT2D eigenvalue weighted by Gasteiger charge is 2.09. The summed E-state index contributed by atoms with van der Waals surface area (Å²) in [5.74, 6) is 0. The summed E-state index contributed by atoms with van der Waals surface area (Å²) in [7, 11) is -0.623. The Morgan fingerprint density at radius 2 is 2.27 bits per heavy atom. The van der Waals surface area contributed by atoms with Gasteiger partial charge in [0.25, 0.3) is 0 Å². The van der Waals surface area contributed by atoms with E-state index in [1.165, 1.54) is 17.8 Å². The highest BCUT2D eigenvalue weighted by atomic mass is 28.3. The Kier molecular flexibility index (Phi) is 5.95. The fourth-order valence-electron chi connectivity index (χ4n) is 1.66. The maximum absolute atomic E-state index is 4.17. The van der Waals surface area contributed by atoms with E-state index in [1.54, 1.807) is 6.33 Å². The van der Waals surface area contributed by atoms with E-state index in [0.717, 1.165) is 6.17 Å². The van der Waals surface area contributed by atoms with Crippen LogP contribution in [0.5, 0.6) is 0 Å². The van der Waals surface area contributed by atoms with Crippen LogP contribution in [0.15, 0.2) is 38.0 Å². The average Bonchev–Trinajstić information content (AvgIpc) is 2.71. The highest BCUT2D eigenvalue weighted by molar-refractivity contribution is 6.69. The molecule has 0 radical (unpaired) electrons. The summed E-state index contributed by atoms with van der Waals surface area (Å²) < 4.78 is 1.97. The highest BCUT2D eigenvalue weighted by Crippen LogP contribution is 2.03. The largest absolute Gasteiger partial charge is 0.256 e. The molecule has 0 aliphatic carbocycles. The zero-order valence-corrected chi connectivity index (χ0v) is 11.7. The molecule has 15 heavy (non-hydrogen) atoms. The van der Waals surface area contributed by atoms with Crippen molar-refractivity contribution in [1.82, 2.24) is 14.8 Å². The monoisotopic (exact) mass is 237 g/mol. The summed E-state index contributed by atoms with van der Waals surface area (Å²) in [5, 5.41) is 4.17. The Hall–Kier alpha value is -0.946. The minimum absolute atomic E-state index is 0.0785. The molecule has 0 aliphatic rings. The first-order valence-electron chi connectivity index (χ1n) is 5.41. The zero-order valence-electron chi connectivity index (χ0n) is 9.18. The topological polar surface area (TPSA) is 30.7 Å². The summed E-state index contributed by atoms with van der Waals surface area (Å²) in [6.45, 7) is 7.62. The molecule has 5 heteroatoms. The number of rotatable bonds is 8. The molecule has 0 aromatic carbocycles. The van der Waals surface area contributed by atoms with Crippen molar-refractivity contribution in [3.8, 4) is 0 Å². The van der Waals surface area contributed by atoms with Crippen LogP contribution in [0.1, 0.15) is 0 Å². The first-order chi connectivity index (χ1) is 7.36. The molecule has 1 rings (SSSR count). The van der Waals surface area contributed by atoms with Crippen LogP contribution in [0.3, 0.4) is 0 Å². The lowest BCUT2D eigenvalue weighted by Gasteiger charge is -2.11. The summed E-state index contributed by atoms with van der Waals surface area (Å²) in [6.07, 6.45) is 8.66. The molecule has 0 N–H and O–H groups in total. The average molecular weight is 237 g/mol. The Bertz CT molecular complexity index is 285. The third kappa shape index (κ3) is 4.89. The Balaban J connectivity index is 2.35. The molecule has 0 spiro atoms. The Labute approximate surface area is 95.4 Å². The van der Waals surface area contributed by atoms with Crippen molar-refractivity contribution in [3.63, 3.8) is 0 Å². The molecule has 0 amide bonds. The van der Waals surface area contributed by atoms with Crippen LogP contribution >= 0.6 is 0 Å². The summed E-state index contributed by atoms with van der Waals surface area (Å²) in [6, 6.07) is 2.47. The van der Waals surface area contributed by atoms with Crippen molar-refractivity contribution in [3.05, 3.63) is 38.0 Å². The Morgan fingerprint density at radius 3 is 2.87 bits per heavy atom. The van der Waals surface area contributed by atoms with Gasteiger partial charge >= 0.3 is 0 Å². The van der Waals surface area contributed by atoms with Gasteiger partial charge in [0.2, 0.25) is 0 Å². The third-order valence-electron chi connectivity index (χ3n) is 2.43. The van der Waals surface area contributed by atoms with Crippen molar-refractivity contribution in [2.24, 2.45) is 0 Å².